The maximum Gasteiger partial charge on any atom is 0.275 e. The minimum absolute atomic E-state index is 0.0412. The van der Waals surface area contributed by atoms with Gasteiger partial charge in [0.1, 0.15) is 11.4 Å². The zero-order valence-corrected chi connectivity index (χ0v) is 18.6. The summed E-state index contributed by atoms with van der Waals surface area (Å²) in [4.78, 5) is 23.6. The second-order valence-corrected chi connectivity index (χ2v) is 7.95. The Bertz CT molecular complexity index is 1330. The van der Waals surface area contributed by atoms with E-state index in [4.69, 9.17) is 9.94 Å². The molecule has 9 nitrogen and oxygen atoms in total. The molecule has 1 amide bonds. The Kier molecular flexibility index (Phi) is 5.94. The molecule has 2 aliphatic rings. The predicted octanol–water partition coefficient (Wildman–Crippen LogP) is 2.75. The number of fused-ring (bicyclic) bond motifs is 2. The van der Waals surface area contributed by atoms with Crippen LogP contribution in [0.4, 0.5) is 5.69 Å². The number of pyridine rings is 1. The molecule has 1 aromatic heterocycles. The molecule has 3 aromatic rings. The number of carbonyl (C=O) groups is 1. The van der Waals surface area contributed by atoms with E-state index in [0.29, 0.717) is 12.1 Å². The number of aryl methyl sites for hydroxylation is 1. The standard InChI is InChI=1S/C25H24N6O3/c1-17-13-20(5-6-21(17)25(33)28-34-12-11-32)30-10-8-23-24(16-30)31(29-27-23)15-18-4-7-22-19(14-18)3-2-9-26-22/h2-10,13-14,16,29,32H,11-12,15H2,1H3,(H,28,33). The fourth-order valence-corrected chi connectivity index (χ4v) is 3.92. The van der Waals surface area contributed by atoms with Crippen molar-refractivity contribution in [1.82, 2.24) is 21.0 Å². The average Bonchev–Trinajstić information content (AvgIpc) is 3.26. The quantitative estimate of drug-likeness (QED) is 0.371. The van der Waals surface area contributed by atoms with Crippen molar-refractivity contribution >= 4 is 28.2 Å². The number of hydrazone groups is 1. The molecule has 0 saturated carbocycles. The Morgan fingerprint density at radius 1 is 1.21 bits per heavy atom. The van der Waals surface area contributed by atoms with Crippen LogP contribution in [-0.2, 0) is 11.4 Å². The second kappa shape index (κ2) is 9.34. The number of hydrazine groups is 1. The summed E-state index contributed by atoms with van der Waals surface area (Å²) in [6.07, 6.45) is 7.70. The van der Waals surface area contributed by atoms with Crippen LogP contribution in [0, 0.1) is 6.92 Å². The van der Waals surface area contributed by atoms with Crippen molar-refractivity contribution in [2.45, 2.75) is 13.5 Å². The highest BCUT2D eigenvalue weighted by atomic mass is 16.7. The summed E-state index contributed by atoms with van der Waals surface area (Å²) in [7, 11) is 0. The van der Waals surface area contributed by atoms with Gasteiger partial charge in [-0.25, -0.2) is 11.0 Å². The maximum atomic E-state index is 12.3. The third kappa shape index (κ3) is 4.34. The molecule has 0 atom stereocenters. The molecule has 0 fully saturated rings. The lowest BCUT2D eigenvalue weighted by atomic mass is 10.1. The van der Waals surface area contributed by atoms with Crippen molar-refractivity contribution in [3.8, 4) is 0 Å². The molecule has 2 aromatic carbocycles. The minimum Gasteiger partial charge on any atom is -0.394 e. The number of hydrogen-bond donors (Lipinski definition) is 3. The van der Waals surface area contributed by atoms with E-state index in [1.165, 1.54) is 0 Å². The Morgan fingerprint density at radius 3 is 2.97 bits per heavy atom. The number of aliphatic hydroxyl groups is 1. The number of benzene rings is 2. The summed E-state index contributed by atoms with van der Waals surface area (Å²) in [5.41, 5.74) is 11.6. The van der Waals surface area contributed by atoms with Gasteiger partial charge in [0.15, 0.2) is 0 Å². The SMILES string of the molecule is Cc1cc(N2C=CC3=NNN(Cc4ccc5ncccc5c4)C3=C2)ccc1C(=O)NOCCO. The highest BCUT2D eigenvalue weighted by Crippen LogP contribution is 2.27. The first-order chi connectivity index (χ1) is 16.6. The molecule has 172 valence electrons. The third-order valence-corrected chi connectivity index (χ3v) is 5.62. The number of carbonyl (C=O) groups excluding carboxylic acids is 1. The van der Waals surface area contributed by atoms with Crippen LogP contribution in [0.15, 0.2) is 84.0 Å². The molecule has 0 radical (unpaired) electrons. The van der Waals surface area contributed by atoms with E-state index in [-0.39, 0.29) is 19.1 Å². The lowest BCUT2D eigenvalue weighted by molar-refractivity contribution is 0.0168. The summed E-state index contributed by atoms with van der Waals surface area (Å²) in [6.45, 7) is 2.39. The van der Waals surface area contributed by atoms with E-state index in [2.05, 4.69) is 39.3 Å². The Balaban J connectivity index is 1.33. The van der Waals surface area contributed by atoms with Crippen LogP contribution < -0.4 is 15.9 Å². The monoisotopic (exact) mass is 456 g/mol. The zero-order chi connectivity index (χ0) is 23.5. The van der Waals surface area contributed by atoms with Crippen molar-refractivity contribution in [2.24, 2.45) is 5.10 Å². The molecular weight excluding hydrogens is 432 g/mol. The van der Waals surface area contributed by atoms with Crippen LogP contribution in [0.2, 0.25) is 0 Å². The Morgan fingerprint density at radius 2 is 2.12 bits per heavy atom. The van der Waals surface area contributed by atoms with Crippen molar-refractivity contribution in [3.63, 3.8) is 0 Å². The van der Waals surface area contributed by atoms with Gasteiger partial charge in [0, 0.05) is 35.2 Å². The molecule has 3 N–H and O–H groups in total. The van der Waals surface area contributed by atoms with Crippen molar-refractivity contribution in [1.29, 1.82) is 0 Å². The van der Waals surface area contributed by atoms with E-state index in [1.54, 1.807) is 12.3 Å². The number of nitrogens with one attached hydrogen (secondary N) is 2. The van der Waals surface area contributed by atoms with Gasteiger partial charge in [-0.1, -0.05) is 12.1 Å². The van der Waals surface area contributed by atoms with Crippen LogP contribution in [-0.4, -0.2) is 39.9 Å². The van der Waals surface area contributed by atoms with Crippen LogP contribution in [0.25, 0.3) is 10.9 Å². The van der Waals surface area contributed by atoms with E-state index in [9.17, 15) is 4.79 Å². The molecule has 9 heteroatoms. The Hall–Kier alpha value is -4.21. The molecule has 0 unspecified atom stereocenters. The summed E-state index contributed by atoms with van der Waals surface area (Å²) >= 11 is 0. The fraction of sp³-hybridized carbons (Fsp3) is 0.160. The number of aliphatic hydroxyl groups excluding tert-OH is 1. The van der Waals surface area contributed by atoms with Crippen LogP contribution in [0.5, 0.6) is 0 Å². The molecule has 3 heterocycles. The number of hydroxylamine groups is 1. The van der Waals surface area contributed by atoms with Gasteiger partial charge in [-0.15, -0.1) is 0 Å². The molecular formula is C25H24N6O3. The molecule has 34 heavy (non-hydrogen) atoms. The van der Waals surface area contributed by atoms with Gasteiger partial charge in [-0.2, -0.15) is 5.10 Å². The van der Waals surface area contributed by atoms with Gasteiger partial charge in [-0.05, 0) is 60.5 Å². The number of nitrogens with zero attached hydrogens (tertiary/aromatic N) is 4. The van der Waals surface area contributed by atoms with Crippen molar-refractivity contribution in [3.05, 3.63) is 95.6 Å². The predicted molar refractivity (Wildman–Crippen MR) is 129 cm³/mol. The first-order valence-electron chi connectivity index (χ1n) is 10.9. The average molecular weight is 457 g/mol. The van der Waals surface area contributed by atoms with E-state index < -0.39 is 0 Å². The molecule has 0 aliphatic carbocycles. The molecule has 0 spiro atoms. The smallest absolute Gasteiger partial charge is 0.275 e. The fourth-order valence-electron chi connectivity index (χ4n) is 3.92. The summed E-state index contributed by atoms with van der Waals surface area (Å²) in [5, 5.41) is 16.3. The number of allylic oxidation sites excluding steroid dienone is 1. The molecule has 0 saturated heterocycles. The largest absolute Gasteiger partial charge is 0.394 e. The van der Waals surface area contributed by atoms with Gasteiger partial charge in [0.2, 0.25) is 0 Å². The normalized spacial score (nSPS) is 14.5. The summed E-state index contributed by atoms with van der Waals surface area (Å²) in [5.74, 6) is -0.351. The molecule has 5 rings (SSSR count). The first-order valence-corrected chi connectivity index (χ1v) is 10.9. The number of rotatable bonds is 7. The third-order valence-electron chi connectivity index (χ3n) is 5.62. The van der Waals surface area contributed by atoms with Gasteiger partial charge in [-0.3, -0.25) is 19.6 Å². The highest BCUT2D eigenvalue weighted by molar-refractivity contribution is 6.10. The molecule has 0 bridgehead atoms. The van der Waals surface area contributed by atoms with E-state index in [1.807, 2.05) is 59.6 Å². The van der Waals surface area contributed by atoms with E-state index >= 15 is 0 Å². The van der Waals surface area contributed by atoms with Crippen molar-refractivity contribution < 1.29 is 14.7 Å². The maximum absolute atomic E-state index is 12.3. The van der Waals surface area contributed by atoms with Crippen LogP contribution >= 0.6 is 0 Å². The van der Waals surface area contributed by atoms with Crippen LogP contribution in [0.3, 0.4) is 0 Å². The van der Waals surface area contributed by atoms with Gasteiger partial charge >= 0.3 is 0 Å². The van der Waals surface area contributed by atoms with Crippen molar-refractivity contribution in [2.75, 3.05) is 18.1 Å². The van der Waals surface area contributed by atoms with Gasteiger partial charge in [0.25, 0.3) is 5.91 Å². The molecule has 2 aliphatic heterocycles. The Labute approximate surface area is 196 Å². The van der Waals surface area contributed by atoms with E-state index in [0.717, 1.165) is 39.1 Å². The zero-order valence-electron chi connectivity index (χ0n) is 18.6. The number of amides is 1. The highest BCUT2D eigenvalue weighted by Gasteiger charge is 2.24. The number of anilines is 1. The van der Waals surface area contributed by atoms with Gasteiger partial charge < -0.3 is 10.0 Å². The lowest BCUT2D eigenvalue weighted by Crippen LogP contribution is -2.31. The number of aromatic nitrogens is 1. The topological polar surface area (TPSA) is 102 Å². The first kappa shape index (κ1) is 21.6. The summed E-state index contributed by atoms with van der Waals surface area (Å²) in [6, 6.07) is 15.8. The second-order valence-electron chi connectivity index (χ2n) is 7.95. The summed E-state index contributed by atoms with van der Waals surface area (Å²) < 4.78 is 0. The van der Waals surface area contributed by atoms with Crippen LogP contribution in [0.1, 0.15) is 21.5 Å². The number of hydrogen-bond acceptors (Lipinski definition) is 8. The lowest BCUT2D eigenvalue weighted by Gasteiger charge is -2.25. The van der Waals surface area contributed by atoms with Gasteiger partial charge in [0.05, 0.1) is 25.3 Å². The minimum atomic E-state index is -0.351.